The molecule has 0 bridgehead atoms. The van der Waals surface area contributed by atoms with E-state index in [-0.39, 0.29) is 24.3 Å². The summed E-state index contributed by atoms with van der Waals surface area (Å²) in [5.41, 5.74) is 1.87. The maximum absolute atomic E-state index is 12.8. The van der Waals surface area contributed by atoms with E-state index in [0.29, 0.717) is 0 Å². The second-order valence-electron chi connectivity index (χ2n) is 6.19. The smallest absolute Gasteiger partial charge is 0.225 e. The lowest BCUT2D eigenvalue weighted by Crippen LogP contribution is -2.35. The number of carbonyl (C=O) groups is 2. The standard InChI is InChI=1S/C20H25N3O3/c1-14(16-9-11-21-12-10-16)23(3)20(25)13-19(22-15(2)24)17-5-7-18(26-4)8-6-17/h5-12,14,19H,13H2,1-4H3,(H,22,24). The second-order valence-corrected chi connectivity index (χ2v) is 6.19. The van der Waals surface area contributed by atoms with Crippen LogP contribution in [0.1, 0.15) is 43.5 Å². The number of ether oxygens (including phenoxy) is 1. The van der Waals surface area contributed by atoms with Gasteiger partial charge in [0.15, 0.2) is 0 Å². The van der Waals surface area contributed by atoms with Gasteiger partial charge in [-0.1, -0.05) is 12.1 Å². The Labute approximate surface area is 154 Å². The average Bonchev–Trinajstić information content (AvgIpc) is 2.66. The van der Waals surface area contributed by atoms with Gasteiger partial charge in [0.1, 0.15) is 5.75 Å². The molecule has 1 aromatic carbocycles. The summed E-state index contributed by atoms with van der Waals surface area (Å²) in [6, 6.07) is 10.7. The largest absolute Gasteiger partial charge is 0.497 e. The Hall–Kier alpha value is -2.89. The van der Waals surface area contributed by atoms with E-state index >= 15 is 0 Å². The number of nitrogens with one attached hydrogen (secondary N) is 1. The second kappa shape index (κ2) is 8.99. The first-order valence-corrected chi connectivity index (χ1v) is 8.49. The van der Waals surface area contributed by atoms with Crippen LogP contribution in [0.3, 0.4) is 0 Å². The van der Waals surface area contributed by atoms with Crippen LogP contribution < -0.4 is 10.1 Å². The van der Waals surface area contributed by atoms with Crippen molar-refractivity contribution in [1.29, 1.82) is 0 Å². The van der Waals surface area contributed by atoms with E-state index in [1.807, 2.05) is 43.3 Å². The number of carbonyl (C=O) groups excluding carboxylic acids is 2. The molecule has 2 rings (SSSR count). The average molecular weight is 355 g/mol. The first-order chi connectivity index (χ1) is 12.4. The van der Waals surface area contributed by atoms with Crippen LogP contribution in [-0.4, -0.2) is 35.9 Å². The van der Waals surface area contributed by atoms with E-state index in [1.165, 1.54) is 6.92 Å². The van der Waals surface area contributed by atoms with Gasteiger partial charge >= 0.3 is 0 Å². The minimum atomic E-state index is -0.391. The summed E-state index contributed by atoms with van der Waals surface area (Å²) < 4.78 is 5.16. The summed E-state index contributed by atoms with van der Waals surface area (Å²) in [7, 11) is 3.37. The SMILES string of the molecule is COc1ccc(C(CC(=O)N(C)C(C)c2ccncc2)NC(C)=O)cc1. The molecule has 0 aliphatic rings. The quantitative estimate of drug-likeness (QED) is 0.829. The summed E-state index contributed by atoms with van der Waals surface area (Å²) in [5.74, 6) is 0.498. The van der Waals surface area contributed by atoms with Gasteiger partial charge < -0.3 is 15.0 Å². The molecule has 0 aliphatic heterocycles. The highest BCUT2D eigenvalue weighted by Gasteiger charge is 2.23. The van der Waals surface area contributed by atoms with E-state index in [2.05, 4.69) is 10.3 Å². The Balaban J connectivity index is 2.13. The number of amides is 2. The molecule has 26 heavy (non-hydrogen) atoms. The van der Waals surface area contributed by atoms with E-state index in [0.717, 1.165) is 16.9 Å². The number of aromatic nitrogens is 1. The van der Waals surface area contributed by atoms with Crippen molar-refractivity contribution in [2.45, 2.75) is 32.4 Å². The number of hydrogen-bond acceptors (Lipinski definition) is 4. The van der Waals surface area contributed by atoms with Gasteiger partial charge in [0.05, 0.1) is 25.6 Å². The van der Waals surface area contributed by atoms with Gasteiger partial charge in [-0.15, -0.1) is 0 Å². The minimum absolute atomic E-state index is 0.0520. The van der Waals surface area contributed by atoms with Gasteiger partial charge in [0.25, 0.3) is 0 Å². The van der Waals surface area contributed by atoms with Crippen molar-refractivity contribution < 1.29 is 14.3 Å². The molecule has 0 saturated heterocycles. The van der Waals surface area contributed by atoms with Gasteiger partial charge in [-0.25, -0.2) is 0 Å². The molecule has 0 radical (unpaired) electrons. The maximum atomic E-state index is 12.8. The highest BCUT2D eigenvalue weighted by atomic mass is 16.5. The fourth-order valence-electron chi connectivity index (χ4n) is 2.73. The molecule has 6 nitrogen and oxygen atoms in total. The Kier molecular flexibility index (Phi) is 6.72. The van der Waals surface area contributed by atoms with Crippen LogP contribution in [0.5, 0.6) is 5.75 Å². The van der Waals surface area contributed by atoms with Crippen LogP contribution in [-0.2, 0) is 9.59 Å². The number of rotatable bonds is 7. The molecule has 6 heteroatoms. The monoisotopic (exact) mass is 355 g/mol. The van der Waals surface area contributed by atoms with Crippen LogP contribution in [0.2, 0.25) is 0 Å². The zero-order chi connectivity index (χ0) is 19.1. The Morgan fingerprint density at radius 2 is 1.73 bits per heavy atom. The Bertz CT molecular complexity index is 732. The fraction of sp³-hybridized carbons (Fsp3) is 0.350. The normalized spacial score (nSPS) is 12.8. The third kappa shape index (κ3) is 5.05. The molecule has 1 aromatic heterocycles. The Morgan fingerprint density at radius 1 is 1.12 bits per heavy atom. The lowest BCUT2D eigenvalue weighted by atomic mass is 10.0. The van der Waals surface area contributed by atoms with E-state index in [1.54, 1.807) is 31.5 Å². The molecule has 138 valence electrons. The zero-order valence-electron chi connectivity index (χ0n) is 15.6. The molecular formula is C20H25N3O3. The Morgan fingerprint density at radius 3 is 2.27 bits per heavy atom. The lowest BCUT2D eigenvalue weighted by Gasteiger charge is -2.27. The molecular weight excluding hydrogens is 330 g/mol. The van der Waals surface area contributed by atoms with Crippen LogP contribution in [0.25, 0.3) is 0 Å². The van der Waals surface area contributed by atoms with E-state index in [4.69, 9.17) is 4.74 Å². The summed E-state index contributed by atoms with van der Waals surface area (Å²) in [4.78, 5) is 30.1. The molecule has 1 heterocycles. The zero-order valence-corrected chi connectivity index (χ0v) is 15.6. The molecule has 0 fully saturated rings. The predicted octanol–water partition coefficient (Wildman–Crippen LogP) is 2.88. The van der Waals surface area contributed by atoms with Gasteiger partial charge in [-0.05, 0) is 42.3 Å². The van der Waals surface area contributed by atoms with Crippen molar-refractivity contribution in [1.82, 2.24) is 15.2 Å². The van der Waals surface area contributed by atoms with E-state index in [9.17, 15) is 9.59 Å². The molecule has 1 N–H and O–H groups in total. The van der Waals surface area contributed by atoms with Crippen molar-refractivity contribution in [2.75, 3.05) is 14.2 Å². The van der Waals surface area contributed by atoms with Gasteiger partial charge in [-0.2, -0.15) is 0 Å². The summed E-state index contributed by atoms with van der Waals surface area (Å²) in [6.45, 7) is 3.42. The van der Waals surface area contributed by atoms with Gasteiger partial charge in [0, 0.05) is 26.4 Å². The third-order valence-corrected chi connectivity index (χ3v) is 4.44. The van der Waals surface area contributed by atoms with Crippen molar-refractivity contribution >= 4 is 11.8 Å². The molecule has 0 aliphatic carbocycles. The van der Waals surface area contributed by atoms with Crippen LogP contribution >= 0.6 is 0 Å². The first-order valence-electron chi connectivity index (χ1n) is 8.49. The molecule has 2 atom stereocenters. The van der Waals surface area contributed by atoms with Crippen molar-refractivity contribution in [2.24, 2.45) is 0 Å². The molecule has 2 unspecified atom stereocenters. The molecule has 0 saturated carbocycles. The fourth-order valence-corrected chi connectivity index (χ4v) is 2.73. The molecule has 0 spiro atoms. The number of methoxy groups -OCH3 is 1. The number of nitrogens with zero attached hydrogens (tertiary/aromatic N) is 2. The highest BCUT2D eigenvalue weighted by Crippen LogP contribution is 2.24. The van der Waals surface area contributed by atoms with Gasteiger partial charge in [0.2, 0.25) is 11.8 Å². The van der Waals surface area contributed by atoms with Crippen molar-refractivity contribution in [3.8, 4) is 5.75 Å². The van der Waals surface area contributed by atoms with Crippen LogP contribution in [0.15, 0.2) is 48.8 Å². The number of hydrogen-bond donors (Lipinski definition) is 1. The summed E-state index contributed by atoms with van der Waals surface area (Å²) >= 11 is 0. The molecule has 2 amide bonds. The maximum Gasteiger partial charge on any atom is 0.225 e. The van der Waals surface area contributed by atoms with Crippen molar-refractivity contribution in [3.63, 3.8) is 0 Å². The number of benzene rings is 1. The van der Waals surface area contributed by atoms with Gasteiger partial charge in [-0.3, -0.25) is 14.6 Å². The summed E-state index contributed by atoms with van der Waals surface area (Å²) in [5, 5.41) is 2.86. The highest BCUT2D eigenvalue weighted by molar-refractivity contribution is 5.79. The van der Waals surface area contributed by atoms with Crippen LogP contribution in [0.4, 0.5) is 0 Å². The topological polar surface area (TPSA) is 71.5 Å². The first kappa shape index (κ1) is 19.4. The summed E-state index contributed by atoms with van der Waals surface area (Å²) in [6.07, 6.45) is 3.60. The lowest BCUT2D eigenvalue weighted by molar-refractivity contribution is -0.132. The number of pyridine rings is 1. The van der Waals surface area contributed by atoms with Crippen LogP contribution in [0, 0.1) is 0 Å². The predicted molar refractivity (Wildman–Crippen MR) is 99.6 cm³/mol. The van der Waals surface area contributed by atoms with E-state index < -0.39 is 6.04 Å². The van der Waals surface area contributed by atoms with Crippen molar-refractivity contribution in [3.05, 3.63) is 59.9 Å². The minimum Gasteiger partial charge on any atom is -0.497 e. The third-order valence-electron chi connectivity index (χ3n) is 4.44. The molecule has 2 aromatic rings.